The first-order chi connectivity index (χ1) is 9.83. The normalized spacial score (nSPS) is 16.6. The molecule has 0 aliphatic carbocycles. The second-order valence-electron chi connectivity index (χ2n) is 5.16. The van der Waals surface area contributed by atoms with Crippen molar-refractivity contribution in [2.75, 3.05) is 37.6 Å². The molecule has 1 saturated heterocycles. The van der Waals surface area contributed by atoms with Crippen LogP contribution in [0, 0.1) is 0 Å². The lowest BCUT2D eigenvalue weighted by Gasteiger charge is -2.36. The van der Waals surface area contributed by atoms with Crippen LogP contribution in [-0.4, -0.2) is 37.6 Å². The minimum atomic E-state index is 0.860. The number of rotatable bonds is 4. The predicted molar refractivity (Wildman–Crippen MR) is 88.1 cm³/mol. The van der Waals surface area contributed by atoms with Crippen LogP contribution in [0.2, 0.25) is 5.02 Å². The van der Waals surface area contributed by atoms with Crippen molar-refractivity contribution in [1.29, 1.82) is 0 Å². The van der Waals surface area contributed by atoms with Gasteiger partial charge in [-0.2, -0.15) is 11.3 Å². The molecule has 1 aromatic heterocycles. The smallest absolute Gasteiger partial charge is 0.0639 e. The van der Waals surface area contributed by atoms with Crippen molar-refractivity contribution in [2.24, 2.45) is 0 Å². The number of benzene rings is 1. The van der Waals surface area contributed by atoms with E-state index in [0.29, 0.717) is 0 Å². The molecule has 3 rings (SSSR count). The standard InChI is InChI=1S/C16H19ClN2S/c17-15-3-1-2-4-16(15)19-10-8-18(9-11-19)7-5-14-6-12-20-13-14/h1-4,6,12-13H,5,7-11H2. The van der Waals surface area contributed by atoms with Gasteiger partial charge in [0.25, 0.3) is 0 Å². The molecule has 1 aliphatic rings. The van der Waals surface area contributed by atoms with Crippen molar-refractivity contribution in [2.45, 2.75) is 6.42 Å². The largest absolute Gasteiger partial charge is 0.368 e. The molecule has 20 heavy (non-hydrogen) atoms. The molecule has 2 aromatic rings. The minimum Gasteiger partial charge on any atom is -0.368 e. The SMILES string of the molecule is Clc1ccccc1N1CCN(CCc2ccsc2)CC1. The minimum absolute atomic E-state index is 0.860. The van der Waals surface area contributed by atoms with Crippen LogP contribution in [0.1, 0.15) is 5.56 Å². The Hall–Kier alpha value is -1.03. The molecule has 1 fully saturated rings. The van der Waals surface area contributed by atoms with Crippen LogP contribution < -0.4 is 4.90 Å². The molecule has 2 heterocycles. The molecular weight excluding hydrogens is 288 g/mol. The quantitative estimate of drug-likeness (QED) is 0.848. The van der Waals surface area contributed by atoms with Crippen molar-refractivity contribution in [3.8, 4) is 0 Å². The van der Waals surface area contributed by atoms with E-state index >= 15 is 0 Å². The lowest BCUT2D eigenvalue weighted by molar-refractivity contribution is 0.261. The highest BCUT2D eigenvalue weighted by Crippen LogP contribution is 2.26. The van der Waals surface area contributed by atoms with E-state index in [1.54, 1.807) is 11.3 Å². The highest BCUT2D eigenvalue weighted by atomic mass is 35.5. The second kappa shape index (κ2) is 6.61. The van der Waals surface area contributed by atoms with Gasteiger partial charge in [-0.3, -0.25) is 4.90 Å². The number of anilines is 1. The summed E-state index contributed by atoms with van der Waals surface area (Å²) in [5, 5.41) is 5.27. The van der Waals surface area contributed by atoms with Gasteiger partial charge in [0.15, 0.2) is 0 Å². The fraction of sp³-hybridized carbons (Fsp3) is 0.375. The molecule has 0 amide bonds. The third kappa shape index (κ3) is 3.35. The zero-order chi connectivity index (χ0) is 13.8. The summed E-state index contributed by atoms with van der Waals surface area (Å²) in [4.78, 5) is 4.94. The third-order valence-corrected chi connectivity index (χ3v) is 4.91. The average molecular weight is 307 g/mol. The van der Waals surface area contributed by atoms with Gasteiger partial charge in [-0.25, -0.2) is 0 Å². The van der Waals surface area contributed by atoms with Gasteiger partial charge in [-0.15, -0.1) is 0 Å². The van der Waals surface area contributed by atoms with Crippen LogP contribution >= 0.6 is 22.9 Å². The number of para-hydroxylation sites is 1. The summed E-state index contributed by atoms with van der Waals surface area (Å²) in [6.07, 6.45) is 1.16. The number of piperazine rings is 1. The maximum absolute atomic E-state index is 6.27. The lowest BCUT2D eigenvalue weighted by Crippen LogP contribution is -2.47. The Morgan fingerprint density at radius 3 is 2.55 bits per heavy atom. The first-order valence-electron chi connectivity index (χ1n) is 7.06. The van der Waals surface area contributed by atoms with E-state index < -0.39 is 0 Å². The van der Waals surface area contributed by atoms with Gasteiger partial charge in [-0.1, -0.05) is 23.7 Å². The van der Waals surface area contributed by atoms with Gasteiger partial charge in [-0.05, 0) is 40.9 Å². The monoisotopic (exact) mass is 306 g/mol. The summed E-state index contributed by atoms with van der Waals surface area (Å²) in [6.45, 7) is 5.53. The predicted octanol–water partition coefficient (Wildman–Crippen LogP) is 3.77. The average Bonchev–Trinajstić information content (AvgIpc) is 3.00. The number of thiophene rings is 1. The van der Waals surface area contributed by atoms with Crippen LogP contribution in [0.15, 0.2) is 41.1 Å². The highest BCUT2D eigenvalue weighted by molar-refractivity contribution is 7.07. The Morgan fingerprint density at radius 1 is 1.05 bits per heavy atom. The van der Waals surface area contributed by atoms with Crippen molar-refractivity contribution in [3.63, 3.8) is 0 Å². The van der Waals surface area contributed by atoms with E-state index in [4.69, 9.17) is 11.6 Å². The molecule has 1 aliphatic heterocycles. The summed E-state index contributed by atoms with van der Waals surface area (Å²) in [6, 6.07) is 10.4. The van der Waals surface area contributed by atoms with E-state index in [9.17, 15) is 0 Å². The first kappa shape index (κ1) is 13.9. The van der Waals surface area contributed by atoms with Gasteiger partial charge in [0.1, 0.15) is 0 Å². The Kier molecular flexibility index (Phi) is 4.61. The summed E-state index contributed by atoms with van der Waals surface area (Å²) >= 11 is 8.05. The van der Waals surface area contributed by atoms with Crippen LogP contribution in [0.3, 0.4) is 0 Å². The topological polar surface area (TPSA) is 6.48 Å². The summed E-state index contributed by atoms with van der Waals surface area (Å²) < 4.78 is 0. The number of halogens is 1. The van der Waals surface area contributed by atoms with Gasteiger partial charge < -0.3 is 4.90 Å². The molecule has 0 unspecified atom stereocenters. The van der Waals surface area contributed by atoms with E-state index in [1.165, 1.54) is 11.3 Å². The van der Waals surface area contributed by atoms with E-state index in [0.717, 1.165) is 44.2 Å². The first-order valence-corrected chi connectivity index (χ1v) is 8.38. The molecule has 0 N–H and O–H groups in total. The number of hydrogen-bond donors (Lipinski definition) is 0. The van der Waals surface area contributed by atoms with Gasteiger partial charge in [0.05, 0.1) is 10.7 Å². The van der Waals surface area contributed by atoms with Crippen LogP contribution in [-0.2, 0) is 6.42 Å². The van der Waals surface area contributed by atoms with Crippen LogP contribution in [0.25, 0.3) is 0 Å². The fourth-order valence-corrected chi connectivity index (χ4v) is 3.60. The highest BCUT2D eigenvalue weighted by Gasteiger charge is 2.18. The van der Waals surface area contributed by atoms with Gasteiger partial charge >= 0.3 is 0 Å². The molecule has 106 valence electrons. The van der Waals surface area contributed by atoms with E-state index in [-0.39, 0.29) is 0 Å². The maximum Gasteiger partial charge on any atom is 0.0639 e. The molecule has 0 atom stereocenters. The van der Waals surface area contributed by atoms with Crippen LogP contribution in [0.4, 0.5) is 5.69 Å². The second-order valence-corrected chi connectivity index (χ2v) is 6.35. The van der Waals surface area contributed by atoms with Crippen molar-refractivity contribution < 1.29 is 0 Å². The summed E-state index contributed by atoms with van der Waals surface area (Å²) in [7, 11) is 0. The third-order valence-electron chi connectivity index (χ3n) is 3.86. The Balaban J connectivity index is 1.51. The maximum atomic E-state index is 6.27. The number of hydrogen-bond acceptors (Lipinski definition) is 3. The summed E-state index contributed by atoms with van der Waals surface area (Å²) in [5.74, 6) is 0. The van der Waals surface area contributed by atoms with Gasteiger partial charge in [0, 0.05) is 32.7 Å². The summed E-state index contributed by atoms with van der Waals surface area (Å²) in [5.41, 5.74) is 2.63. The molecule has 1 aromatic carbocycles. The fourth-order valence-electron chi connectivity index (χ4n) is 2.64. The Labute approximate surface area is 129 Å². The molecule has 4 heteroatoms. The Morgan fingerprint density at radius 2 is 1.85 bits per heavy atom. The van der Waals surface area contributed by atoms with Gasteiger partial charge in [0.2, 0.25) is 0 Å². The zero-order valence-corrected chi connectivity index (χ0v) is 13.0. The molecule has 0 spiro atoms. The molecule has 0 saturated carbocycles. The molecular formula is C16H19ClN2S. The van der Waals surface area contributed by atoms with Crippen molar-refractivity contribution in [1.82, 2.24) is 4.90 Å². The zero-order valence-electron chi connectivity index (χ0n) is 11.5. The lowest BCUT2D eigenvalue weighted by atomic mass is 10.2. The molecule has 2 nitrogen and oxygen atoms in total. The molecule has 0 bridgehead atoms. The Bertz CT molecular complexity index is 533. The van der Waals surface area contributed by atoms with Crippen molar-refractivity contribution >= 4 is 28.6 Å². The van der Waals surface area contributed by atoms with E-state index in [2.05, 4.69) is 38.8 Å². The molecule has 0 radical (unpaired) electrons. The van der Waals surface area contributed by atoms with Crippen LogP contribution in [0.5, 0.6) is 0 Å². The number of nitrogens with zero attached hydrogens (tertiary/aromatic N) is 2. The van der Waals surface area contributed by atoms with Crippen molar-refractivity contribution in [3.05, 3.63) is 51.7 Å². The van der Waals surface area contributed by atoms with E-state index in [1.807, 2.05) is 12.1 Å².